The minimum Gasteiger partial charge on any atom is -0.467 e. The maximum absolute atomic E-state index is 8.69. The minimum atomic E-state index is 0.564. The van der Waals surface area contributed by atoms with Gasteiger partial charge in [0.1, 0.15) is 11.6 Å². The van der Waals surface area contributed by atoms with Gasteiger partial charge in [-0.3, -0.25) is 0 Å². The summed E-state index contributed by atoms with van der Waals surface area (Å²) in [4.78, 5) is 4.08. The molecule has 0 radical (unpaired) electrons. The van der Waals surface area contributed by atoms with E-state index in [9.17, 15) is 0 Å². The number of furan rings is 1. The van der Waals surface area contributed by atoms with E-state index in [4.69, 9.17) is 9.68 Å². The van der Waals surface area contributed by atoms with E-state index in [0.717, 1.165) is 5.76 Å². The van der Waals surface area contributed by atoms with Crippen molar-refractivity contribution in [1.29, 1.82) is 5.26 Å². The summed E-state index contributed by atoms with van der Waals surface area (Å²) in [6, 6.07) is 9.12. The predicted molar refractivity (Wildman–Crippen MR) is 55.0 cm³/mol. The van der Waals surface area contributed by atoms with Crippen LogP contribution in [0, 0.1) is 11.3 Å². The van der Waals surface area contributed by atoms with E-state index in [1.54, 1.807) is 24.6 Å². The van der Waals surface area contributed by atoms with Crippen LogP contribution < -0.4 is 5.32 Å². The summed E-state index contributed by atoms with van der Waals surface area (Å²) in [6.45, 7) is 0.564. The molecule has 4 nitrogen and oxygen atoms in total. The van der Waals surface area contributed by atoms with Gasteiger partial charge in [-0.2, -0.15) is 5.26 Å². The van der Waals surface area contributed by atoms with Crippen LogP contribution in [0.1, 0.15) is 11.3 Å². The SMILES string of the molecule is N#Cc1ccnc(NCc2ccco2)c1. The maximum atomic E-state index is 8.69. The Labute approximate surface area is 87.2 Å². The lowest BCUT2D eigenvalue weighted by molar-refractivity contribution is 0.518. The molecule has 15 heavy (non-hydrogen) atoms. The first-order valence-electron chi connectivity index (χ1n) is 4.51. The molecular weight excluding hydrogens is 190 g/mol. The van der Waals surface area contributed by atoms with Crippen LogP contribution in [0.2, 0.25) is 0 Å². The summed E-state index contributed by atoms with van der Waals surface area (Å²) < 4.78 is 5.16. The molecule has 0 unspecified atom stereocenters. The van der Waals surface area contributed by atoms with Gasteiger partial charge in [-0.25, -0.2) is 4.98 Å². The second-order valence-corrected chi connectivity index (χ2v) is 2.97. The molecule has 0 aliphatic carbocycles. The monoisotopic (exact) mass is 199 g/mol. The second-order valence-electron chi connectivity index (χ2n) is 2.97. The lowest BCUT2D eigenvalue weighted by atomic mass is 10.3. The van der Waals surface area contributed by atoms with Gasteiger partial charge >= 0.3 is 0 Å². The van der Waals surface area contributed by atoms with Crippen molar-refractivity contribution in [2.45, 2.75) is 6.54 Å². The van der Waals surface area contributed by atoms with E-state index in [1.165, 1.54) is 0 Å². The smallest absolute Gasteiger partial charge is 0.127 e. The van der Waals surface area contributed by atoms with E-state index >= 15 is 0 Å². The lowest BCUT2D eigenvalue weighted by Gasteiger charge is -2.02. The Kier molecular flexibility index (Phi) is 2.65. The van der Waals surface area contributed by atoms with Gasteiger partial charge in [0, 0.05) is 6.20 Å². The first kappa shape index (κ1) is 9.28. The van der Waals surface area contributed by atoms with Crippen molar-refractivity contribution in [3.8, 4) is 6.07 Å². The Hall–Kier alpha value is -2.28. The number of nitrogens with zero attached hydrogens (tertiary/aromatic N) is 2. The summed E-state index contributed by atoms with van der Waals surface area (Å²) in [5.41, 5.74) is 0.590. The molecule has 0 bridgehead atoms. The number of rotatable bonds is 3. The van der Waals surface area contributed by atoms with Gasteiger partial charge in [0.05, 0.1) is 24.4 Å². The quantitative estimate of drug-likeness (QED) is 0.822. The highest BCUT2D eigenvalue weighted by Gasteiger charge is 1.98. The summed E-state index contributed by atoms with van der Waals surface area (Å²) in [6.07, 6.45) is 3.22. The van der Waals surface area contributed by atoms with E-state index in [0.29, 0.717) is 17.9 Å². The average molecular weight is 199 g/mol. The molecule has 0 aliphatic heterocycles. The standard InChI is InChI=1S/C11H9N3O/c12-7-9-3-4-13-11(6-9)14-8-10-2-1-5-15-10/h1-6H,8H2,(H,13,14). The van der Waals surface area contributed by atoms with Gasteiger partial charge in [-0.15, -0.1) is 0 Å². The topological polar surface area (TPSA) is 61.9 Å². The third-order valence-electron chi connectivity index (χ3n) is 1.91. The largest absolute Gasteiger partial charge is 0.467 e. The van der Waals surface area contributed by atoms with Crippen molar-refractivity contribution >= 4 is 5.82 Å². The van der Waals surface area contributed by atoms with Crippen molar-refractivity contribution in [3.63, 3.8) is 0 Å². The number of nitrogens with one attached hydrogen (secondary N) is 1. The molecule has 0 atom stereocenters. The number of aromatic nitrogens is 1. The van der Waals surface area contributed by atoms with Crippen LogP contribution in [-0.4, -0.2) is 4.98 Å². The Morgan fingerprint density at radius 2 is 2.40 bits per heavy atom. The predicted octanol–water partition coefficient (Wildman–Crippen LogP) is 2.16. The highest BCUT2D eigenvalue weighted by atomic mass is 16.3. The molecule has 2 rings (SSSR count). The molecule has 2 aromatic rings. The molecule has 0 spiro atoms. The van der Waals surface area contributed by atoms with Crippen LogP contribution in [0.3, 0.4) is 0 Å². The summed E-state index contributed by atoms with van der Waals surface area (Å²) >= 11 is 0. The van der Waals surface area contributed by atoms with Crippen molar-refractivity contribution in [1.82, 2.24) is 4.98 Å². The Balaban J connectivity index is 2.02. The van der Waals surface area contributed by atoms with Gasteiger partial charge in [-0.1, -0.05) is 0 Å². The number of hydrogen-bond acceptors (Lipinski definition) is 4. The van der Waals surface area contributed by atoms with Gasteiger partial charge < -0.3 is 9.73 Å². The summed E-state index contributed by atoms with van der Waals surface area (Å²) in [7, 11) is 0. The van der Waals surface area contributed by atoms with E-state index in [1.807, 2.05) is 12.1 Å². The van der Waals surface area contributed by atoms with Gasteiger partial charge in [0.2, 0.25) is 0 Å². The maximum Gasteiger partial charge on any atom is 0.127 e. The molecule has 74 valence electrons. The van der Waals surface area contributed by atoms with Crippen molar-refractivity contribution in [3.05, 3.63) is 48.0 Å². The zero-order chi connectivity index (χ0) is 10.5. The fourth-order valence-corrected chi connectivity index (χ4v) is 1.19. The van der Waals surface area contributed by atoms with Crippen LogP contribution in [-0.2, 0) is 6.54 Å². The fourth-order valence-electron chi connectivity index (χ4n) is 1.19. The molecule has 0 aliphatic rings. The molecule has 0 amide bonds. The zero-order valence-electron chi connectivity index (χ0n) is 7.97. The molecule has 4 heteroatoms. The summed E-state index contributed by atoms with van der Waals surface area (Å²) in [5, 5.41) is 11.8. The molecular formula is C11H9N3O. The molecule has 1 N–H and O–H groups in total. The van der Waals surface area contributed by atoms with Crippen LogP contribution in [0.25, 0.3) is 0 Å². The van der Waals surface area contributed by atoms with Crippen molar-refractivity contribution in [2.75, 3.05) is 5.32 Å². The number of pyridine rings is 1. The average Bonchev–Trinajstić information content (AvgIpc) is 2.79. The van der Waals surface area contributed by atoms with Crippen LogP contribution in [0.15, 0.2) is 41.1 Å². The van der Waals surface area contributed by atoms with Crippen LogP contribution >= 0.6 is 0 Å². The number of hydrogen-bond donors (Lipinski definition) is 1. The van der Waals surface area contributed by atoms with E-state index < -0.39 is 0 Å². The third kappa shape index (κ3) is 2.35. The normalized spacial score (nSPS) is 9.53. The second kappa shape index (κ2) is 4.29. The van der Waals surface area contributed by atoms with Gasteiger partial charge in [0.25, 0.3) is 0 Å². The Morgan fingerprint density at radius 1 is 1.47 bits per heavy atom. The lowest BCUT2D eigenvalue weighted by Crippen LogP contribution is -2.00. The molecule has 0 aromatic carbocycles. The Bertz CT molecular complexity index is 471. The fraction of sp³-hybridized carbons (Fsp3) is 0.0909. The van der Waals surface area contributed by atoms with Gasteiger partial charge in [-0.05, 0) is 24.3 Å². The van der Waals surface area contributed by atoms with E-state index in [-0.39, 0.29) is 0 Å². The van der Waals surface area contributed by atoms with E-state index in [2.05, 4.69) is 16.4 Å². The molecule has 0 fully saturated rings. The third-order valence-corrected chi connectivity index (χ3v) is 1.91. The molecule has 2 heterocycles. The summed E-state index contributed by atoms with van der Waals surface area (Å²) in [5.74, 6) is 1.50. The van der Waals surface area contributed by atoms with Crippen LogP contribution in [0.5, 0.6) is 0 Å². The number of nitriles is 1. The van der Waals surface area contributed by atoms with Crippen LogP contribution in [0.4, 0.5) is 5.82 Å². The van der Waals surface area contributed by atoms with Gasteiger partial charge in [0.15, 0.2) is 0 Å². The molecule has 0 saturated heterocycles. The molecule has 0 saturated carbocycles. The highest BCUT2D eigenvalue weighted by Crippen LogP contribution is 2.08. The van der Waals surface area contributed by atoms with Crippen molar-refractivity contribution in [2.24, 2.45) is 0 Å². The van der Waals surface area contributed by atoms with Crippen molar-refractivity contribution < 1.29 is 4.42 Å². The Morgan fingerprint density at radius 3 is 3.13 bits per heavy atom. The highest BCUT2D eigenvalue weighted by molar-refractivity contribution is 5.42. The minimum absolute atomic E-state index is 0.564. The zero-order valence-corrected chi connectivity index (χ0v) is 7.97. The first-order valence-corrected chi connectivity index (χ1v) is 4.51. The number of anilines is 1. The first-order chi connectivity index (χ1) is 7.38. The molecule has 2 aromatic heterocycles.